The number of benzene rings is 2. The van der Waals surface area contributed by atoms with E-state index >= 15 is 0 Å². The van der Waals surface area contributed by atoms with Crippen molar-refractivity contribution < 1.29 is 14.3 Å². The molecule has 0 N–H and O–H groups in total. The molecule has 1 aliphatic rings. The minimum atomic E-state index is -0.0410. The molecule has 1 aliphatic heterocycles. The Morgan fingerprint density at radius 1 is 1.14 bits per heavy atom. The molecule has 2 heterocycles. The first-order chi connectivity index (χ1) is 17.0. The number of carbonyl (C=O) groups excluding carboxylic acids is 1. The average Bonchev–Trinajstić information content (AvgIpc) is 2.88. The monoisotopic (exact) mass is 478 g/mol. The first kappa shape index (κ1) is 24.9. The minimum absolute atomic E-state index is 0.00457. The Kier molecular flexibility index (Phi) is 7.83. The van der Waals surface area contributed by atoms with E-state index < -0.39 is 0 Å². The number of aromatic nitrogens is 2. The van der Waals surface area contributed by atoms with Gasteiger partial charge in [0.05, 0.1) is 37.2 Å². The summed E-state index contributed by atoms with van der Waals surface area (Å²) in [7, 11) is 3.24. The van der Waals surface area contributed by atoms with Crippen molar-refractivity contribution in [2.75, 3.05) is 40.5 Å². The second-order valence-electron chi connectivity index (χ2n) is 8.94. The highest BCUT2D eigenvalue weighted by molar-refractivity contribution is 5.95. The van der Waals surface area contributed by atoms with Crippen LogP contribution in [0, 0.1) is 0 Å². The van der Waals surface area contributed by atoms with Gasteiger partial charge in [-0.15, -0.1) is 0 Å². The third-order valence-electron chi connectivity index (χ3n) is 6.77. The second-order valence-corrected chi connectivity index (χ2v) is 8.94. The normalized spacial score (nSPS) is 17.5. The fraction of sp³-hybridized carbons (Fsp3) is 0.444. The van der Waals surface area contributed by atoms with Crippen molar-refractivity contribution in [3.63, 3.8) is 0 Å². The van der Waals surface area contributed by atoms with Crippen LogP contribution in [0.3, 0.4) is 0 Å². The predicted octanol–water partition coefficient (Wildman–Crippen LogP) is 3.35. The molecule has 2 atom stereocenters. The molecule has 8 nitrogen and oxygen atoms in total. The van der Waals surface area contributed by atoms with E-state index in [4.69, 9.17) is 14.5 Å². The third-order valence-corrected chi connectivity index (χ3v) is 6.77. The molecule has 0 radical (unpaired) electrons. The summed E-state index contributed by atoms with van der Waals surface area (Å²) >= 11 is 0. The Morgan fingerprint density at radius 2 is 1.94 bits per heavy atom. The van der Waals surface area contributed by atoms with Crippen LogP contribution in [0.4, 0.5) is 0 Å². The molecule has 0 bridgehead atoms. The Morgan fingerprint density at radius 3 is 2.66 bits per heavy atom. The highest BCUT2D eigenvalue weighted by atomic mass is 16.5. The number of hydrogen-bond donors (Lipinski definition) is 0. The van der Waals surface area contributed by atoms with E-state index in [-0.39, 0.29) is 23.6 Å². The predicted molar refractivity (Wildman–Crippen MR) is 136 cm³/mol. The zero-order valence-electron chi connectivity index (χ0n) is 20.9. The first-order valence-electron chi connectivity index (χ1n) is 12.2. The molecule has 0 spiro atoms. The van der Waals surface area contributed by atoms with Gasteiger partial charge in [-0.05, 0) is 43.7 Å². The Hall–Kier alpha value is -3.23. The first-order valence-corrected chi connectivity index (χ1v) is 12.2. The van der Waals surface area contributed by atoms with Crippen molar-refractivity contribution in [3.8, 4) is 5.75 Å². The lowest BCUT2D eigenvalue weighted by molar-refractivity contribution is 0.0358. The summed E-state index contributed by atoms with van der Waals surface area (Å²) in [6.07, 6.45) is 0.800. The van der Waals surface area contributed by atoms with E-state index in [1.807, 2.05) is 47.4 Å². The van der Waals surface area contributed by atoms with Gasteiger partial charge in [-0.2, -0.15) is 0 Å². The maximum Gasteiger partial charge on any atom is 0.261 e. The van der Waals surface area contributed by atoms with Crippen LogP contribution in [-0.2, 0) is 11.3 Å². The van der Waals surface area contributed by atoms with Crippen LogP contribution in [0.15, 0.2) is 53.3 Å². The van der Waals surface area contributed by atoms with Gasteiger partial charge in [-0.25, -0.2) is 4.98 Å². The van der Waals surface area contributed by atoms with Crippen LogP contribution in [0.25, 0.3) is 10.9 Å². The van der Waals surface area contributed by atoms with Gasteiger partial charge in [0.15, 0.2) is 0 Å². The number of methoxy groups -OCH3 is 2. The van der Waals surface area contributed by atoms with E-state index in [2.05, 4.69) is 18.7 Å². The van der Waals surface area contributed by atoms with Gasteiger partial charge in [-0.3, -0.25) is 19.1 Å². The maximum atomic E-state index is 13.4. The van der Waals surface area contributed by atoms with Crippen molar-refractivity contribution in [2.45, 2.75) is 38.9 Å². The molecule has 2 aromatic carbocycles. The third kappa shape index (κ3) is 5.09. The number of nitrogens with zero attached hydrogens (tertiary/aromatic N) is 4. The Balaban J connectivity index is 1.61. The van der Waals surface area contributed by atoms with Crippen molar-refractivity contribution in [1.82, 2.24) is 19.4 Å². The molecule has 35 heavy (non-hydrogen) atoms. The van der Waals surface area contributed by atoms with Crippen LogP contribution in [0.2, 0.25) is 0 Å². The van der Waals surface area contributed by atoms with E-state index in [1.54, 1.807) is 24.9 Å². The molecule has 8 heteroatoms. The summed E-state index contributed by atoms with van der Waals surface area (Å²) in [4.78, 5) is 35.8. The number of hydrogen-bond acceptors (Lipinski definition) is 6. The second kappa shape index (κ2) is 11.0. The largest absolute Gasteiger partial charge is 0.497 e. The standard InChI is InChI=1S/C27H34N4O4/c1-5-24(25-28-23-12-7-6-11-22(23)27(33)31(25)15-16-34-3)29-13-14-30(19(2)18-29)26(32)20-9-8-10-21(17-20)35-4/h6-12,17,19,24H,5,13-16,18H2,1-4H3. The van der Waals surface area contributed by atoms with Gasteiger partial charge in [0.2, 0.25) is 0 Å². The summed E-state index contributed by atoms with van der Waals surface area (Å²) in [6, 6.07) is 14.7. The molecule has 0 aliphatic carbocycles. The molecule has 2 unspecified atom stereocenters. The molecule has 3 aromatic rings. The molecule has 1 saturated heterocycles. The van der Waals surface area contributed by atoms with Crippen molar-refractivity contribution >= 4 is 16.8 Å². The average molecular weight is 479 g/mol. The zero-order valence-corrected chi connectivity index (χ0v) is 20.9. The number of ether oxygens (including phenoxy) is 2. The molecule has 1 fully saturated rings. The molecular formula is C27H34N4O4. The van der Waals surface area contributed by atoms with E-state index in [0.717, 1.165) is 12.2 Å². The fourth-order valence-corrected chi connectivity index (χ4v) is 4.93. The SMILES string of the molecule is CCC(c1nc2ccccc2c(=O)n1CCOC)N1CCN(C(=O)c2cccc(OC)c2)C(C)C1. The highest BCUT2D eigenvalue weighted by Crippen LogP contribution is 2.27. The Labute approximate surface area is 206 Å². The smallest absolute Gasteiger partial charge is 0.261 e. The van der Waals surface area contributed by atoms with Gasteiger partial charge in [0.25, 0.3) is 11.5 Å². The van der Waals surface area contributed by atoms with E-state index in [9.17, 15) is 9.59 Å². The number of amides is 1. The van der Waals surface area contributed by atoms with Crippen LogP contribution >= 0.6 is 0 Å². The number of fused-ring (bicyclic) bond motifs is 1. The van der Waals surface area contributed by atoms with Crippen LogP contribution in [0.1, 0.15) is 42.5 Å². The molecular weight excluding hydrogens is 444 g/mol. The van der Waals surface area contributed by atoms with Crippen molar-refractivity contribution in [3.05, 3.63) is 70.3 Å². The summed E-state index contributed by atoms with van der Waals surface area (Å²) in [6.45, 7) is 7.07. The van der Waals surface area contributed by atoms with E-state index in [0.29, 0.717) is 55.0 Å². The molecule has 186 valence electrons. The topological polar surface area (TPSA) is 76.9 Å². The molecule has 0 saturated carbocycles. The lowest BCUT2D eigenvalue weighted by Crippen LogP contribution is -2.55. The van der Waals surface area contributed by atoms with E-state index in [1.165, 1.54) is 0 Å². The van der Waals surface area contributed by atoms with Gasteiger partial charge < -0.3 is 14.4 Å². The van der Waals surface area contributed by atoms with Crippen LogP contribution < -0.4 is 10.3 Å². The number of piperazine rings is 1. The summed E-state index contributed by atoms with van der Waals surface area (Å²) < 4.78 is 12.3. The summed E-state index contributed by atoms with van der Waals surface area (Å²) in [5.41, 5.74) is 1.29. The van der Waals surface area contributed by atoms with Crippen LogP contribution in [0.5, 0.6) is 5.75 Å². The van der Waals surface area contributed by atoms with Crippen LogP contribution in [-0.4, -0.2) is 71.8 Å². The zero-order chi connectivity index (χ0) is 24.9. The Bertz CT molecular complexity index is 1240. The summed E-state index contributed by atoms with van der Waals surface area (Å²) in [5, 5.41) is 0.615. The molecule has 4 rings (SSSR count). The lowest BCUT2D eigenvalue weighted by atomic mass is 10.1. The highest BCUT2D eigenvalue weighted by Gasteiger charge is 2.33. The minimum Gasteiger partial charge on any atom is -0.497 e. The van der Waals surface area contributed by atoms with Gasteiger partial charge >= 0.3 is 0 Å². The van der Waals surface area contributed by atoms with Crippen molar-refractivity contribution in [1.29, 1.82) is 0 Å². The number of carbonyl (C=O) groups is 1. The molecule has 1 amide bonds. The van der Waals surface area contributed by atoms with Crippen molar-refractivity contribution in [2.24, 2.45) is 0 Å². The van der Waals surface area contributed by atoms with Gasteiger partial charge in [0, 0.05) is 38.3 Å². The maximum absolute atomic E-state index is 13.4. The number of para-hydroxylation sites is 1. The fourth-order valence-electron chi connectivity index (χ4n) is 4.93. The van der Waals surface area contributed by atoms with Gasteiger partial charge in [0.1, 0.15) is 11.6 Å². The quantitative estimate of drug-likeness (QED) is 0.494. The summed E-state index contributed by atoms with van der Waals surface area (Å²) in [5.74, 6) is 1.43. The van der Waals surface area contributed by atoms with Gasteiger partial charge in [-0.1, -0.05) is 25.1 Å². The number of rotatable bonds is 8. The lowest BCUT2D eigenvalue weighted by Gasteiger charge is -2.43. The molecule has 1 aromatic heterocycles.